The molecular formula is C19H15N3O3. The summed E-state index contributed by atoms with van der Waals surface area (Å²) in [6.07, 6.45) is 4.58. The second kappa shape index (κ2) is 5.90. The Kier molecular flexibility index (Phi) is 3.57. The first-order valence-electron chi connectivity index (χ1n) is 7.96. The van der Waals surface area contributed by atoms with Gasteiger partial charge in [-0.15, -0.1) is 0 Å². The number of nitro groups is 1. The number of benzene rings is 2. The number of fused-ring (bicyclic) bond motifs is 1. The van der Waals surface area contributed by atoms with Gasteiger partial charge in [0.2, 0.25) is 0 Å². The van der Waals surface area contributed by atoms with Crippen molar-refractivity contribution in [1.82, 2.24) is 4.57 Å². The number of non-ortho nitro benzene ring substituents is 1. The maximum atomic E-state index is 12.8. The van der Waals surface area contributed by atoms with E-state index in [-0.39, 0.29) is 11.6 Å². The molecule has 0 bridgehead atoms. The number of carbonyl (C=O) groups is 1. The summed E-state index contributed by atoms with van der Waals surface area (Å²) in [7, 11) is 0. The van der Waals surface area contributed by atoms with Crippen LogP contribution in [0.25, 0.3) is 5.69 Å². The van der Waals surface area contributed by atoms with Gasteiger partial charge in [-0.25, -0.2) is 0 Å². The van der Waals surface area contributed by atoms with E-state index in [1.165, 1.54) is 12.1 Å². The van der Waals surface area contributed by atoms with Crippen molar-refractivity contribution in [1.29, 1.82) is 0 Å². The van der Waals surface area contributed by atoms with Gasteiger partial charge in [0.15, 0.2) is 0 Å². The smallest absolute Gasteiger partial charge is 0.271 e. The molecule has 6 heteroatoms. The molecule has 0 N–H and O–H groups in total. The van der Waals surface area contributed by atoms with E-state index in [9.17, 15) is 14.9 Å². The monoisotopic (exact) mass is 333 g/mol. The van der Waals surface area contributed by atoms with E-state index in [1.54, 1.807) is 23.1 Å². The zero-order chi connectivity index (χ0) is 17.4. The Morgan fingerprint density at radius 3 is 2.44 bits per heavy atom. The largest absolute Gasteiger partial charge is 0.324 e. The third-order valence-electron chi connectivity index (χ3n) is 4.44. The van der Waals surface area contributed by atoms with E-state index in [2.05, 4.69) is 0 Å². The third-order valence-corrected chi connectivity index (χ3v) is 4.44. The topological polar surface area (TPSA) is 68.4 Å². The Morgan fingerprint density at radius 2 is 1.76 bits per heavy atom. The summed E-state index contributed by atoms with van der Waals surface area (Å²) in [4.78, 5) is 25.0. The average Bonchev–Trinajstić information content (AvgIpc) is 3.30. The first-order valence-corrected chi connectivity index (χ1v) is 7.96. The highest BCUT2D eigenvalue weighted by Gasteiger charge is 2.27. The molecule has 2 aromatic carbocycles. The van der Waals surface area contributed by atoms with Gasteiger partial charge in [-0.2, -0.15) is 0 Å². The SMILES string of the molecule is O=C(c1ccc(-n2cccc2)cc1)N1CCc2ccc([N+](=O)[O-])cc21. The fourth-order valence-corrected chi connectivity index (χ4v) is 3.13. The summed E-state index contributed by atoms with van der Waals surface area (Å²) < 4.78 is 1.96. The summed E-state index contributed by atoms with van der Waals surface area (Å²) in [5.74, 6) is -0.140. The molecule has 0 saturated carbocycles. The highest BCUT2D eigenvalue weighted by Crippen LogP contribution is 2.32. The third kappa shape index (κ3) is 2.67. The van der Waals surface area contributed by atoms with Gasteiger partial charge in [-0.05, 0) is 48.4 Å². The van der Waals surface area contributed by atoms with Crippen LogP contribution in [-0.2, 0) is 6.42 Å². The molecule has 1 amide bonds. The minimum absolute atomic E-state index is 0.00130. The fourth-order valence-electron chi connectivity index (χ4n) is 3.13. The minimum atomic E-state index is -0.437. The second-order valence-corrected chi connectivity index (χ2v) is 5.91. The van der Waals surface area contributed by atoms with Crippen LogP contribution in [-0.4, -0.2) is 21.9 Å². The number of rotatable bonds is 3. The van der Waals surface area contributed by atoms with Crippen LogP contribution in [0, 0.1) is 10.1 Å². The molecular weight excluding hydrogens is 318 g/mol. The Bertz CT molecular complexity index is 947. The second-order valence-electron chi connectivity index (χ2n) is 5.91. The van der Waals surface area contributed by atoms with Gasteiger partial charge in [-0.1, -0.05) is 6.07 Å². The molecule has 1 aromatic heterocycles. The Hall–Kier alpha value is -3.41. The van der Waals surface area contributed by atoms with Gasteiger partial charge < -0.3 is 9.47 Å². The standard InChI is InChI=1S/C19H15N3O3/c23-19(15-4-6-16(7-5-15)20-10-1-2-11-20)21-12-9-14-3-8-17(22(24)25)13-18(14)21/h1-8,10-11,13H,9,12H2. The lowest BCUT2D eigenvalue weighted by molar-refractivity contribution is -0.384. The van der Waals surface area contributed by atoms with Crippen LogP contribution in [0.4, 0.5) is 11.4 Å². The first kappa shape index (κ1) is 15.1. The van der Waals surface area contributed by atoms with Gasteiger partial charge in [0.05, 0.1) is 10.6 Å². The number of carbonyl (C=O) groups excluding carboxylic acids is 1. The summed E-state index contributed by atoms with van der Waals surface area (Å²) >= 11 is 0. The van der Waals surface area contributed by atoms with Gasteiger partial charge in [-0.3, -0.25) is 14.9 Å². The first-order chi connectivity index (χ1) is 12.1. The molecule has 124 valence electrons. The fraction of sp³-hybridized carbons (Fsp3) is 0.105. The molecule has 1 aliphatic heterocycles. The van der Waals surface area contributed by atoms with Crippen LogP contribution in [0.1, 0.15) is 15.9 Å². The van der Waals surface area contributed by atoms with Crippen molar-refractivity contribution in [3.8, 4) is 5.69 Å². The normalized spacial score (nSPS) is 12.9. The lowest BCUT2D eigenvalue weighted by Gasteiger charge is -2.17. The maximum Gasteiger partial charge on any atom is 0.271 e. The Morgan fingerprint density at radius 1 is 1.04 bits per heavy atom. The number of nitro benzene ring substituents is 1. The summed E-state index contributed by atoms with van der Waals surface area (Å²) in [5, 5.41) is 11.0. The van der Waals surface area contributed by atoms with Crippen LogP contribution in [0.3, 0.4) is 0 Å². The van der Waals surface area contributed by atoms with Crippen LogP contribution in [0.2, 0.25) is 0 Å². The average molecular weight is 333 g/mol. The van der Waals surface area contributed by atoms with Crippen LogP contribution < -0.4 is 4.90 Å². The van der Waals surface area contributed by atoms with Gasteiger partial charge >= 0.3 is 0 Å². The number of nitrogens with zero attached hydrogens (tertiary/aromatic N) is 3. The van der Waals surface area contributed by atoms with E-state index >= 15 is 0 Å². The molecule has 6 nitrogen and oxygen atoms in total. The van der Waals surface area contributed by atoms with Crippen molar-refractivity contribution >= 4 is 17.3 Å². The van der Waals surface area contributed by atoms with Crippen molar-refractivity contribution in [2.75, 3.05) is 11.4 Å². The van der Waals surface area contributed by atoms with Crippen molar-refractivity contribution in [2.24, 2.45) is 0 Å². The number of aromatic nitrogens is 1. The molecule has 0 unspecified atom stereocenters. The van der Waals surface area contributed by atoms with E-state index in [0.717, 1.165) is 11.3 Å². The van der Waals surface area contributed by atoms with E-state index in [0.29, 0.717) is 24.2 Å². The molecule has 0 spiro atoms. The molecule has 25 heavy (non-hydrogen) atoms. The molecule has 0 aliphatic carbocycles. The predicted molar refractivity (Wildman–Crippen MR) is 94.2 cm³/mol. The quantitative estimate of drug-likeness (QED) is 0.543. The summed E-state index contributed by atoms with van der Waals surface area (Å²) in [6.45, 7) is 0.536. The summed E-state index contributed by atoms with van der Waals surface area (Å²) in [5.41, 5.74) is 3.13. The molecule has 2 heterocycles. The van der Waals surface area contributed by atoms with E-state index in [1.807, 2.05) is 41.2 Å². The van der Waals surface area contributed by atoms with Crippen molar-refractivity contribution in [3.63, 3.8) is 0 Å². The molecule has 4 rings (SSSR count). The zero-order valence-corrected chi connectivity index (χ0v) is 13.3. The Balaban J connectivity index is 1.63. The predicted octanol–water partition coefficient (Wildman–Crippen LogP) is 3.59. The highest BCUT2D eigenvalue weighted by molar-refractivity contribution is 6.07. The molecule has 0 radical (unpaired) electrons. The van der Waals surface area contributed by atoms with E-state index < -0.39 is 4.92 Å². The summed E-state index contributed by atoms with van der Waals surface area (Å²) in [6, 6.07) is 15.9. The van der Waals surface area contributed by atoms with Crippen LogP contribution in [0.15, 0.2) is 67.0 Å². The number of anilines is 1. The van der Waals surface area contributed by atoms with Gasteiger partial charge in [0, 0.05) is 42.3 Å². The zero-order valence-electron chi connectivity index (χ0n) is 13.3. The highest BCUT2D eigenvalue weighted by atomic mass is 16.6. The Labute approximate surface area is 144 Å². The van der Waals surface area contributed by atoms with Crippen LogP contribution in [0.5, 0.6) is 0 Å². The van der Waals surface area contributed by atoms with E-state index in [4.69, 9.17) is 0 Å². The number of hydrogen-bond acceptors (Lipinski definition) is 3. The van der Waals surface area contributed by atoms with Crippen molar-refractivity contribution < 1.29 is 9.72 Å². The molecule has 0 saturated heterocycles. The molecule has 0 fully saturated rings. The van der Waals surface area contributed by atoms with Crippen LogP contribution >= 0.6 is 0 Å². The lowest BCUT2D eigenvalue weighted by atomic mass is 10.1. The molecule has 3 aromatic rings. The molecule has 1 aliphatic rings. The number of hydrogen-bond donors (Lipinski definition) is 0. The number of amides is 1. The minimum Gasteiger partial charge on any atom is -0.324 e. The maximum absolute atomic E-state index is 12.8. The lowest BCUT2D eigenvalue weighted by Crippen LogP contribution is -2.28. The van der Waals surface area contributed by atoms with Crippen molar-refractivity contribution in [2.45, 2.75) is 6.42 Å². The van der Waals surface area contributed by atoms with Gasteiger partial charge in [0.1, 0.15) is 0 Å². The van der Waals surface area contributed by atoms with Gasteiger partial charge in [0.25, 0.3) is 11.6 Å². The van der Waals surface area contributed by atoms with Crippen molar-refractivity contribution in [3.05, 3.63) is 88.2 Å². The molecule has 0 atom stereocenters.